The Morgan fingerprint density at radius 1 is 1.20 bits per heavy atom. The van der Waals surface area contributed by atoms with E-state index in [1.165, 1.54) is 0 Å². The summed E-state index contributed by atoms with van der Waals surface area (Å²) in [5.74, 6) is 0.192. The largest absolute Gasteiger partial charge is 0.304 e. The number of fused-ring (bicyclic) bond motifs is 1. The Labute approximate surface area is 118 Å². The Morgan fingerprint density at radius 3 is 2.70 bits per heavy atom. The zero-order chi connectivity index (χ0) is 14.1. The molecule has 0 spiro atoms. The van der Waals surface area contributed by atoms with Gasteiger partial charge in [-0.2, -0.15) is 5.10 Å². The third-order valence-electron chi connectivity index (χ3n) is 4.03. The number of nitrogens with zero attached hydrogens (tertiary/aromatic N) is 4. The Morgan fingerprint density at radius 2 is 1.95 bits per heavy atom. The number of piperazine rings is 1. The highest BCUT2D eigenvalue weighted by atomic mass is 16.1. The van der Waals surface area contributed by atoms with Crippen LogP contribution in [0, 0.1) is 0 Å². The number of benzene rings is 1. The van der Waals surface area contributed by atoms with Gasteiger partial charge in [0.25, 0.3) is 0 Å². The van der Waals surface area contributed by atoms with E-state index in [2.05, 4.69) is 21.9 Å². The molecule has 20 heavy (non-hydrogen) atoms. The summed E-state index contributed by atoms with van der Waals surface area (Å²) in [5, 5.41) is 5.28. The number of hydrogen-bond acceptors (Lipinski definition) is 4. The molecule has 1 aliphatic rings. The average molecular weight is 272 g/mol. The summed E-state index contributed by atoms with van der Waals surface area (Å²) in [6.07, 6.45) is 1.82. The molecule has 1 aliphatic heterocycles. The second-order valence-electron chi connectivity index (χ2n) is 5.54. The van der Waals surface area contributed by atoms with Crippen LogP contribution in [0.2, 0.25) is 0 Å². The number of Topliss-reactive ketones (excluding diaryl/α,β-unsaturated/α-hetero) is 1. The molecular weight excluding hydrogens is 252 g/mol. The van der Waals surface area contributed by atoms with E-state index >= 15 is 0 Å². The summed E-state index contributed by atoms with van der Waals surface area (Å²) < 4.78 is 1.81. The van der Waals surface area contributed by atoms with Crippen LogP contribution in [0.5, 0.6) is 0 Å². The normalized spacial score (nSPS) is 17.7. The highest BCUT2D eigenvalue weighted by Crippen LogP contribution is 2.15. The van der Waals surface area contributed by atoms with E-state index in [-0.39, 0.29) is 5.78 Å². The number of carbonyl (C=O) groups is 1. The summed E-state index contributed by atoms with van der Waals surface area (Å²) in [6, 6.07) is 5.82. The molecule has 0 aliphatic carbocycles. The highest BCUT2D eigenvalue weighted by Gasteiger charge is 2.17. The van der Waals surface area contributed by atoms with E-state index in [1.807, 2.05) is 36.1 Å². The quantitative estimate of drug-likeness (QED) is 0.782. The lowest BCUT2D eigenvalue weighted by atomic mass is 10.1. The molecule has 3 rings (SSSR count). The van der Waals surface area contributed by atoms with E-state index in [4.69, 9.17) is 0 Å². The molecule has 1 aromatic heterocycles. The minimum atomic E-state index is 0.192. The first-order valence-corrected chi connectivity index (χ1v) is 6.99. The van der Waals surface area contributed by atoms with Crippen LogP contribution in [-0.2, 0) is 7.05 Å². The molecule has 0 atom stereocenters. The first-order valence-electron chi connectivity index (χ1n) is 6.99. The van der Waals surface area contributed by atoms with Crippen molar-refractivity contribution in [3.05, 3.63) is 30.0 Å². The zero-order valence-corrected chi connectivity index (χ0v) is 12.0. The molecule has 1 aromatic carbocycles. The molecule has 0 amide bonds. The fourth-order valence-corrected chi connectivity index (χ4v) is 2.62. The maximum Gasteiger partial charge on any atom is 0.176 e. The van der Waals surface area contributed by atoms with Crippen LogP contribution >= 0.6 is 0 Å². The summed E-state index contributed by atoms with van der Waals surface area (Å²) in [5.41, 5.74) is 1.79. The monoisotopic (exact) mass is 272 g/mol. The smallest absolute Gasteiger partial charge is 0.176 e. The topological polar surface area (TPSA) is 41.4 Å². The summed E-state index contributed by atoms with van der Waals surface area (Å²) in [6.45, 7) is 4.52. The number of rotatable bonds is 3. The molecule has 5 heteroatoms. The zero-order valence-electron chi connectivity index (χ0n) is 12.0. The van der Waals surface area contributed by atoms with Gasteiger partial charge < -0.3 is 4.90 Å². The second-order valence-corrected chi connectivity index (χ2v) is 5.54. The van der Waals surface area contributed by atoms with Gasteiger partial charge in [0.2, 0.25) is 0 Å². The van der Waals surface area contributed by atoms with Gasteiger partial charge in [0.05, 0.1) is 18.3 Å². The van der Waals surface area contributed by atoms with Crippen molar-refractivity contribution in [1.29, 1.82) is 0 Å². The third kappa shape index (κ3) is 2.59. The maximum atomic E-state index is 12.4. The molecule has 5 nitrogen and oxygen atoms in total. The molecular formula is C15H20N4O. The fourth-order valence-electron chi connectivity index (χ4n) is 2.62. The van der Waals surface area contributed by atoms with E-state index in [0.717, 1.165) is 42.6 Å². The third-order valence-corrected chi connectivity index (χ3v) is 4.03. The maximum absolute atomic E-state index is 12.4. The molecule has 0 saturated carbocycles. The number of hydrogen-bond donors (Lipinski definition) is 0. The summed E-state index contributed by atoms with van der Waals surface area (Å²) >= 11 is 0. The van der Waals surface area contributed by atoms with Gasteiger partial charge in [-0.05, 0) is 13.1 Å². The van der Waals surface area contributed by atoms with Gasteiger partial charge in [-0.3, -0.25) is 14.4 Å². The van der Waals surface area contributed by atoms with Gasteiger partial charge in [0.15, 0.2) is 5.78 Å². The second kappa shape index (κ2) is 5.34. The van der Waals surface area contributed by atoms with Crippen LogP contribution in [0.1, 0.15) is 10.4 Å². The van der Waals surface area contributed by atoms with Crippen LogP contribution in [0.15, 0.2) is 24.4 Å². The lowest BCUT2D eigenvalue weighted by Crippen LogP contribution is -2.46. The fraction of sp³-hybridized carbons (Fsp3) is 0.467. The molecule has 2 aromatic rings. The lowest BCUT2D eigenvalue weighted by Gasteiger charge is -2.31. The van der Waals surface area contributed by atoms with Crippen LogP contribution in [0.4, 0.5) is 0 Å². The van der Waals surface area contributed by atoms with Gasteiger partial charge >= 0.3 is 0 Å². The van der Waals surface area contributed by atoms with Gasteiger partial charge in [0.1, 0.15) is 0 Å². The van der Waals surface area contributed by atoms with Crippen molar-refractivity contribution in [2.24, 2.45) is 7.05 Å². The van der Waals surface area contributed by atoms with E-state index < -0.39 is 0 Å². The van der Waals surface area contributed by atoms with Crippen LogP contribution in [-0.4, -0.2) is 65.1 Å². The number of likely N-dealkylation sites (N-methyl/N-ethyl adjacent to an activating group) is 1. The molecule has 0 bridgehead atoms. The highest BCUT2D eigenvalue weighted by molar-refractivity contribution is 6.00. The molecule has 0 unspecified atom stereocenters. The molecule has 1 saturated heterocycles. The summed E-state index contributed by atoms with van der Waals surface area (Å²) in [4.78, 5) is 16.9. The number of carbonyl (C=O) groups excluding carboxylic acids is 1. The lowest BCUT2D eigenvalue weighted by molar-refractivity contribution is 0.0876. The average Bonchev–Trinajstić information content (AvgIpc) is 2.82. The Bertz CT molecular complexity index is 626. The van der Waals surface area contributed by atoms with Crippen molar-refractivity contribution < 1.29 is 4.79 Å². The Hall–Kier alpha value is -1.72. The first kappa shape index (κ1) is 13.3. The van der Waals surface area contributed by atoms with Gasteiger partial charge in [0, 0.05) is 44.2 Å². The van der Waals surface area contributed by atoms with E-state index in [1.54, 1.807) is 0 Å². The summed E-state index contributed by atoms with van der Waals surface area (Å²) in [7, 11) is 4.02. The van der Waals surface area contributed by atoms with Crippen molar-refractivity contribution >= 4 is 16.7 Å². The molecule has 1 fully saturated rings. The minimum absolute atomic E-state index is 0.192. The standard InChI is InChI=1S/C15H20N4O/c1-17-5-7-19(8-6-17)11-15(20)12-3-4-13-10-16-18(2)14(13)9-12/h3-4,9-10H,5-8,11H2,1-2H3. The Kier molecular flexibility index (Phi) is 3.54. The van der Waals surface area contributed by atoms with Crippen molar-refractivity contribution in [2.75, 3.05) is 39.8 Å². The van der Waals surface area contributed by atoms with E-state index in [9.17, 15) is 4.79 Å². The molecule has 106 valence electrons. The predicted molar refractivity (Wildman–Crippen MR) is 79.0 cm³/mol. The minimum Gasteiger partial charge on any atom is -0.304 e. The first-order chi connectivity index (χ1) is 9.63. The SMILES string of the molecule is CN1CCN(CC(=O)c2ccc3cnn(C)c3c2)CC1. The number of aromatic nitrogens is 2. The van der Waals surface area contributed by atoms with Crippen molar-refractivity contribution in [3.63, 3.8) is 0 Å². The van der Waals surface area contributed by atoms with Gasteiger partial charge in [-0.25, -0.2) is 0 Å². The van der Waals surface area contributed by atoms with Crippen molar-refractivity contribution in [2.45, 2.75) is 0 Å². The van der Waals surface area contributed by atoms with Crippen molar-refractivity contribution in [1.82, 2.24) is 19.6 Å². The number of ketones is 1. The Balaban J connectivity index is 1.73. The van der Waals surface area contributed by atoms with Crippen LogP contribution < -0.4 is 0 Å². The van der Waals surface area contributed by atoms with Crippen LogP contribution in [0.3, 0.4) is 0 Å². The van der Waals surface area contributed by atoms with E-state index in [0.29, 0.717) is 6.54 Å². The van der Waals surface area contributed by atoms with Gasteiger partial charge in [-0.1, -0.05) is 12.1 Å². The predicted octanol–water partition coefficient (Wildman–Crippen LogP) is 1.00. The van der Waals surface area contributed by atoms with Crippen LogP contribution in [0.25, 0.3) is 10.9 Å². The molecule has 2 heterocycles. The molecule has 0 N–H and O–H groups in total. The molecule has 0 radical (unpaired) electrons. The van der Waals surface area contributed by atoms with Crippen molar-refractivity contribution in [3.8, 4) is 0 Å². The number of aryl methyl sites for hydroxylation is 1. The van der Waals surface area contributed by atoms with Gasteiger partial charge in [-0.15, -0.1) is 0 Å².